The number of anilines is 1. The van der Waals surface area contributed by atoms with Gasteiger partial charge >= 0.3 is 6.36 Å². The summed E-state index contributed by atoms with van der Waals surface area (Å²) in [6.45, 7) is 0. The molecule has 1 saturated heterocycles. The molecule has 5 rings (SSSR count). The van der Waals surface area contributed by atoms with Crippen molar-refractivity contribution in [2.45, 2.75) is 48.4 Å². The number of hydrogen-bond acceptors (Lipinski definition) is 3. The van der Waals surface area contributed by atoms with Crippen LogP contribution in [0.25, 0.3) is 0 Å². The molecule has 2 atom stereocenters. The van der Waals surface area contributed by atoms with Gasteiger partial charge in [-0.3, -0.25) is 8.51 Å². The lowest BCUT2D eigenvalue weighted by molar-refractivity contribution is -0.274. The van der Waals surface area contributed by atoms with Gasteiger partial charge in [0.25, 0.3) is 0 Å². The van der Waals surface area contributed by atoms with Crippen LogP contribution in [0.3, 0.4) is 0 Å². The van der Waals surface area contributed by atoms with Crippen LogP contribution in [0, 0.1) is 5.92 Å². The zero-order chi connectivity index (χ0) is 22.7. The second-order valence-corrected chi connectivity index (χ2v) is 12.5. The van der Waals surface area contributed by atoms with E-state index in [0.717, 1.165) is 41.4 Å². The van der Waals surface area contributed by atoms with E-state index in [9.17, 15) is 21.6 Å². The van der Waals surface area contributed by atoms with Gasteiger partial charge in [0.2, 0.25) is 0 Å². The fourth-order valence-electron chi connectivity index (χ4n) is 5.16. The molecule has 32 heavy (non-hydrogen) atoms. The standard InChI is InChI=1S/C22H21BrF3NO3S2/c23-15-6-7-19-18(12-15)21(8-10-31(28)11-9-21)20(14-4-5-14)27(19)32(29)17-3-1-2-16(13-17)30-22(24,25)26/h1-3,6-7,12-14,20H,4-5,8-11H2. The van der Waals surface area contributed by atoms with E-state index in [-0.39, 0.29) is 22.1 Å². The second kappa shape index (κ2) is 8.13. The van der Waals surface area contributed by atoms with Gasteiger partial charge in [0.1, 0.15) is 5.75 Å². The Morgan fingerprint density at radius 2 is 1.84 bits per heavy atom. The average molecular weight is 548 g/mol. The Bertz CT molecular complexity index is 1100. The molecule has 2 fully saturated rings. The maximum Gasteiger partial charge on any atom is 0.573 e. The van der Waals surface area contributed by atoms with Crippen molar-refractivity contribution >= 4 is 43.4 Å². The van der Waals surface area contributed by atoms with Crippen LogP contribution in [0.2, 0.25) is 0 Å². The molecule has 10 heteroatoms. The highest BCUT2D eigenvalue weighted by molar-refractivity contribution is 9.10. The molecule has 0 amide bonds. The van der Waals surface area contributed by atoms with E-state index in [2.05, 4.69) is 26.7 Å². The van der Waals surface area contributed by atoms with Gasteiger partial charge in [0.15, 0.2) is 11.0 Å². The van der Waals surface area contributed by atoms with E-state index in [1.807, 2.05) is 16.4 Å². The van der Waals surface area contributed by atoms with Crippen molar-refractivity contribution in [2.24, 2.45) is 5.92 Å². The van der Waals surface area contributed by atoms with Gasteiger partial charge in [-0.15, -0.1) is 13.2 Å². The SMILES string of the molecule is O=S1CCC2(CC1)c1cc(Br)ccc1N(S(=O)c1cccc(OC(F)(F)F)c1)C2C1CC1. The summed E-state index contributed by atoms with van der Waals surface area (Å²) in [5, 5.41) is 0. The van der Waals surface area contributed by atoms with Crippen LogP contribution in [0.15, 0.2) is 51.8 Å². The van der Waals surface area contributed by atoms with E-state index in [1.54, 1.807) is 6.07 Å². The van der Waals surface area contributed by atoms with E-state index in [0.29, 0.717) is 17.4 Å². The van der Waals surface area contributed by atoms with E-state index >= 15 is 0 Å². The molecule has 0 aromatic heterocycles. The highest BCUT2D eigenvalue weighted by Gasteiger charge is 2.58. The number of fused-ring (bicyclic) bond motifs is 2. The summed E-state index contributed by atoms with van der Waals surface area (Å²) >= 11 is 3.56. The van der Waals surface area contributed by atoms with Crippen LogP contribution in [0.1, 0.15) is 31.2 Å². The fourth-order valence-corrected chi connectivity index (χ4v) is 8.46. The first-order chi connectivity index (χ1) is 15.2. The third-order valence-electron chi connectivity index (χ3n) is 6.59. The first-order valence-electron chi connectivity index (χ1n) is 10.4. The fraction of sp³-hybridized carbons (Fsp3) is 0.455. The summed E-state index contributed by atoms with van der Waals surface area (Å²) in [6, 6.07) is 11.3. The average Bonchev–Trinajstić information content (AvgIpc) is 3.53. The summed E-state index contributed by atoms with van der Waals surface area (Å²) in [4.78, 5) is 0.266. The molecule has 2 unspecified atom stereocenters. The minimum absolute atomic E-state index is 0.0443. The molecule has 2 heterocycles. The van der Waals surface area contributed by atoms with Crippen LogP contribution in [-0.2, 0) is 27.2 Å². The predicted molar refractivity (Wildman–Crippen MR) is 121 cm³/mol. The molecular weight excluding hydrogens is 527 g/mol. The minimum Gasteiger partial charge on any atom is -0.406 e. The quantitative estimate of drug-likeness (QED) is 0.511. The van der Waals surface area contributed by atoms with E-state index in [4.69, 9.17) is 0 Å². The molecule has 0 N–H and O–H groups in total. The molecular formula is C22H21BrF3NO3S2. The van der Waals surface area contributed by atoms with Crippen molar-refractivity contribution < 1.29 is 26.3 Å². The number of halogens is 4. The largest absolute Gasteiger partial charge is 0.573 e. The number of alkyl halides is 3. The molecule has 2 aromatic rings. The third kappa shape index (κ3) is 4.03. The van der Waals surface area contributed by atoms with Crippen molar-refractivity contribution in [2.75, 3.05) is 15.8 Å². The number of nitrogens with zero attached hydrogens (tertiary/aromatic N) is 1. The Labute approximate surface area is 197 Å². The summed E-state index contributed by atoms with van der Waals surface area (Å²) in [5.74, 6) is 1.17. The van der Waals surface area contributed by atoms with Gasteiger partial charge < -0.3 is 4.74 Å². The Hall–Kier alpha value is -1.39. The molecule has 172 valence electrons. The van der Waals surface area contributed by atoms with Crippen LogP contribution in [-0.4, -0.2) is 32.3 Å². The highest BCUT2D eigenvalue weighted by Crippen LogP contribution is 2.58. The summed E-state index contributed by atoms with van der Waals surface area (Å²) in [6.07, 6.45) is -1.28. The number of hydrogen-bond donors (Lipinski definition) is 0. The summed E-state index contributed by atoms with van der Waals surface area (Å²) in [5.41, 5.74) is 1.68. The number of benzene rings is 2. The molecule has 4 nitrogen and oxygen atoms in total. The molecule has 0 bridgehead atoms. The monoisotopic (exact) mass is 547 g/mol. The molecule has 1 aliphatic carbocycles. The molecule has 2 aromatic carbocycles. The first-order valence-corrected chi connectivity index (χ1v) is 13.8. The van der Waals surface area contributed by atoms with E-state index in [1.165, 1.54) is 18.2 Å². The topological polar surface area (TPSA) is 46.6 Å². The Kier molecular flexibility index (Phi) is 5.69. The minimum atomic E-state index is -4.81. The lowest BCUT2D eigenvalue weighted by Crippen LogP contribution is -2.50. The third-order valence-corrected chi connectivity index (χ3v) is 9.84. The van der Waals surface area contributed by atoms with Crippen LogP contribution >= 0.6 is 15.9 Å². The van der Waals surface area contributed by atoms with Crippen LogP contribution in [0.5, 0.6) is 5.75 Å². The first kappa shape index (κ1) is 22.4. The lowest BCUT2D eigenvalue weighted by Gasteiger charge is -2.41. The van der Waals surface area contributed by atoms with Crippen molar-refractivity contribution in [1.29, 1.82) is 0 Å². The van der Waals surface area contributed by atoms with Gasteiger partial charge in [-0.25, -0.2) is 4.21 Å². The van der Waals surface area contributed by atoms with Gasteiger partial charge in [-0.2, -0.15) is 0 Å². The van der Waals surface area contributed by atoms with Crippen molar-refractivity contribution in [3.63, 3.8) is 0 Å². The number of rotatable bonds is 4. The zero-order valence-electron chi connectivity index (χ0n) is 16.9. The van der Waals surface area contributed by atoms with Gasteiger partial charge in [0.05, 0.1) is 16.6 Å². The summed E-state index contributed by atoms with van der Waals surface area (Å²) < 4.78 is 71.1. The Morgan fingerprint density at radius 3 is 2.50 bits per heavy atom. The molecule has 1 spiro atoms. The highest BCUT2D eigenvalue weighted by atomic mass is 79.9. The van der Waals surface area contributed by atoms with Crippen molar-refractivity contribution in [3.05, 3.63) is 52.5 Å². The summed E-state index contributed by atoms with van der Waals surface area (Å²) in [7, 11) is -2.57. The molecule has 2 aliphatic heterocycles. The predicted octanol–water partition coefficient (Wildman–Crippen LogP) is 5.45. The van der Waals surface area contributed by atoms with Gasteiger partial charge in [-0.05, 0) is 73.6 Å². The smallest absolute Gasteiger partial charge is 0.406 e. The molecule has 3 aliphatic rings. The lowest BCUT2D eigenvalue weighted by atomic mass is 9.70. The number of ether oxygens (including phenoxy) is 1. The molecule has 0 radical (unpaired) electrons. The second-order valence-electron chi connectivity index (χ2n) is 8.55. The van der Waals surface area contributed by atoms with E-state index < -0.39 is 28.1 Å². The molecule has 1 saturated carbocycles. The zero-order valence-corrected chi connectivity index (χ0v) is 20.2. The Morgan fingerprint density at radius 1 is 1.12 bits per heavy atom. The van der Waals surface area contributed by atoms with Gasteiger partial charge in [-0.1, -0.05) is 22.0 Å². The van der Waals surface area contributed by atoms with Crippen LogP contribution < -0.4 is 9.04 Å². The van der Waals surface area contributed by atoms with Crippen molar-refractivity contribution in [1.82, 2.24) is 0 Å². The normalized spacial score (nSPS) is 28.6. The van der Waals surface area contributed by atoms with Crippen molar-refractivity contribution in [3.8, 4) is 5.75 Å². The van der Waals surface area contributed by atoms with Gasteiger partial charge in [0, 0.05) is 32.2 Å². The Balaban J connectivity index is 1.59. The maximum atomic E-state index is 13.9. The van der Waals surface area contributed by atoms with Crippen LogP contribution in [0.4, 0.5) is 18.9 Å². The maximum absolute atomic E-state index is 13.9.